The van der Waals surface area contributed by atoms with Crippen LogP contribution in [0.4, 0.5) is 0 Å². The predicted molar refractivity (Wildman–Crippen MR) is 76.6 cm³/mol. The summed E-state index contributed by atoms with van der Waals surface area (Å²) in [6, 6.07) is 7.46. The van der Waals surface area contributed by atoms with E-state index in [0.29, 0.717) is 22.5 Å². The first-order valence-corrected chi connectivity index (χ1v) is 6.68. The van der Waals surface area contributed by atoms with Crippen molar-refractivity contribution < 1.29 is 4.79 Å². The van der Waals surface area contributed by atoms with Gasteiger partial charge in [0.1, 0.15) is 4.99 Å². The first kappa shape index (κ1) is 13.0. The first-order valence-electron chi connectivity index (χ1n) is 6.27. The fourth-order valence-electron chi connectivity index (χ4n) is 2.42. The average Bonchev–Trinajstić information content (AvgIpc) is 2.75. The van der Waals surface area contributed by atoms with Crippen LogP contribution in [0.25, 0.3) is 0 Å². The lowest BCUT2D eigenvalue weighted by atomic mass is 10.1. The second-order valence-corrected chi connectivity index (χ2v) is 5.47. The number of benzene rings is 1. The molecule has 2 atom stereocenters. The average molecular weight is 262 g/mol. The van der Waals surface area contributed by atoms with Gasteiger partial charge in [-0.05, 0) is 37.3 Å². The minimum absolute atomic E-state index is 0.0350. The van der Waals surface area contributed by atoms with Crippen LogP contribution < -0.4 is 11.1 Å². The molecule has 0 aliphatic heterocycles. The van der Waals surface area contributed by atoms with Crippen molar-refractivity contribution in [3.63, 3.8) is 0 Å². The van der Waals surface area contributed by atoms with Crippen LogP contribution in [0.2, 0.25) is 0 Å². The molecule has 3 N–H and O–H groups in total. The maximum atomic E-state index is 12.1. The van der Waals surface area contributed by atoms with Crippen molar-refractivity contribution in [2.24, 2.45) is 11.7 Å². The number of hydrogen-bond acceptors (Lipinski definition) is 2. The summed E-state index contributed by atoms with van der Waals surface area (Å²) in [7, 11) is 0. The van der Waals surface area contributed by atoms with Gasteiger partial charge in [0, 0.05) is 17.2 Å². The highest BCUT2D eigenvalue weighted by Crippen LogP contribution is 2.24. The van der Waals surface area contributed by atoms with E-state index in [4.69, 9.17) is 18.0 Å². The molecule has 0 aromatic heterocycles. The van der Waals surface area contributed by atoms with Gasteiger partial charge in [-0.3, -0.25) is 4.79 Å². The van der Waals surface area contributed by atoms with E-state index < -0.39 is 0 Å². The number of amides is 1. The Labute approximate surface area is 113 Å². The maximum absolute atomic E-state index is 12.1. The van der Waals surface area contributed by atoms with E-state index in [0.717, 1.165) is 18.4 Å². The number of carbonyl (C=O) groups excluding carboxylic acids is 1. The normalized spacial score (nSPS) is 22.7. The zero-order valence-electron chi connectivity index (χ0n) is 10.5. The Balaban J connectivity index is 2.04. The molecule has 1 aliphatic carbocycles. The molecule has 18 heavy (non-hydrogen) atoms. The molecular weight excluding hydrogens is 244 g/mol. The Hall–Kier alpha value is -1.42. The Kier molecular flexibility index (Phi) is 3.97. The van der Waals surface area contributed by atoms with Crippen molar-refractivity contribution >= 4 is 23.1 Å². The number of nitrogens with two attached hydrogens (primary N) is 1. The van der Waals surface area contributed by atoms with Crippen molar-refractivity contribution in [2.45, 2.75) is 32.2 Å². The second kappa shape index (κ2) is 5.48. The third kappa shape index (κ3) is 3.07. The Morgan fingerprint density at radius 1 is 1.39 bits per heavy atom. The zero-order chi connectivity index (χ0) is 13.1. The summed E-state index contributed by atoms with van der Waals surface area (Å²) in [4.78, 5) is 12.4. The SMILES string of the molecule is CC1CCC(NC(=O)c2cccc(C(N)=S)c2)C1. The van der Waals surface area contributed by atoms with Crippen LogP contribution in [0.1, 0.15) is 42.1 Å². The standard InChI is InChI=1S/C14H18N2OS/c1-9-5-6-12(7-9)16-14(17)11-4-2-3-10(8-11)13(15)18/h2-4,8-9,12H,5-7H2,1H3,(H2,15,18)(H,16,17). The number of nitrogens with one attached hydrogen (secondary N) is 1. The molecule has 4 heteroatoms. The summed E-state index contributed by atoms with van der Waals surface area (Å²) >= 11 is 4.91. The maximum Gasteiger partial charge on any atom is 0.251 e. The monoisotopic (exact) mass is 262 g/mol. The van der Waals surface area contributed by atoms with Gasteiger partial charge in [0.2, 0.25) is 0 Å². The quantitative estimate of drug-likeness (QED) is 0.821. The van der Waals surface area contributed by atoms with Gasteiger partial charge in [-0.2, -0.15) is 0 Å². The number of carbonyl (C=O) groups is 1. The molecule has 1 amide bonds. The predicted octanol–water partition coefficient (Wildman–Crippen LogP) is 2.24. The smallest absolute Gasteiger partial charge is 0.251 e. The molecule has 1 fully saturated rings. The van der Waals surface area contributed by atoms with Crippen LogP contribution in [0, 0.1) is 5.92 Å². The van der Waals surface area contributed by atoms with Gasteiger partial charge in [-0.25, -0.2) is 0 Å². The van der Waals surface area contributed by atoms with Crippen LogP contribution in [0.5, 0.6) is 0 Å². The topological polar surface area (TPSA) is 55.1 Å². The van der Waals surface area contributed by atoms with Gasteiger partial charge in [-0.15, -0.1) is 0 Å². The molecule has 0 heterocycles. The Morgan fingerprint density at radius 3 is 2.72 bits per heavy atom. The van der Waals surface area contributed by atoms with Crippen molar-refractivity contribution in [3.8, 4) is 0 Å². The van der Waals surface area contributed by atoms with Gasteiger partial charge in [0.05, 0.1) is 0 Å². The first-order chi connectivity index (χ1) is 8.56. The van der Waals surface area contributed by atoms with Crippen molar-refractivity contribution in [1.82, 2.24) is 5.32 Å². The van der Waals surface area contributed by atoms with Crippen molar-refractivity contribution in [1.29, 1.82) is 0 Å². The molecule has 0 saturated heterocycles. The summed E-state index contributed by atoms with van der Waals surface area (Å²) < 4.78 is 0. The van der Waals surface area contributed by atoms with E-state index >= 15 is 0 Å². The highest BCUT2D eigenvalue weighted by atomic mass is 32.1. The van der Waals surface area contributed by atoms with Crippen LogP contribution in [-0.4, -0.2) is 16.9 Å². The fraction of sp³-hybridized carbons (Fsp3) is 0.429. The van der Waals surface area contributed by atoms with Gasteiger partial charge in [0.15, 0.2) is 0 Å². The largest absolute Gasteiger partial charge is 0.389 e. The third-order valence-corrected chi connectivity index (χ3v) is 3.68. The molecule has 0 radical (unpaired) electrons. The highest BCUT2D eigenvalue weighted by Gasteiger charge is 2.23. The Morgan fingerprint density at radius 2 is 2.11 bits per heavy atom. The van der Waals surface area contributed by atoms with Crippen molar-refractivity contribution in [2.75, 3.05) is 0 Å². The molecule has 2 rings (SSSR count). The lowest BCUT2D eigenvalue weighted by molar-refractivity contribution is 0.0937. The van der Waals surface area contributed by atoms with E-state index in [2.05, 4.69) is 12.2 Å². The van der Waals surface area contributed by atoms with Crippen LogP contribution in [0.3, 0.4) is 0 Å². The van der Waals surface area contributed by atoms with Crippen LogP contribution in [-0.2, 0) is 0 Å². The highest BCUT2D eigenvalue weighted by molar-refractivity contribution is 7.80. The van der Waals surface area contributed by atoms with Gasteiger partial charge in [0.25, 0.3) is 5.91 Å². The number of rotatable bonds is 3. The molecule has 1 saturated carbocycles. The van der Waals surface area contributed by atoms with Crippen molar-refractivity contribution in [3.05, 3.63) is 35.4 Å². The second-order valence-electron chi connectivity index (χ2n) is 5.03. The summed E-state index contributed by atoms with van der Waals surface area (Å²) in [6.07, 6.45) is 3.33. The summed E-state index contributed by atoms with van der Waals surface area (Å²) in [5.41, 5.74) is 6.92. The molecule has 2 unspecified atom stereocenters. The fourth-order valence-corrected chi connectivity index (χ4v) is 2.55. The number of hydrogen-bond donors (Lipinski definition) is 2. The molecule has 0 spiro atoms. The summed E-state index contributed by atoms with van der Waals surface area (Å²) in [6.45, 7) is 2.22. The van der Waals surface area contributed by atoms with Gasteiger partial charge >= 0.3 is 0 Å². The van der Waals surface area contributed by atoms with E-state index in [1.807, 2.05) is 6.07 Å². The molecule has 96 valence electrons. The third-order valence-electron chi connectivity index (χ3n) is 3.44. The summed E-state index contributed by atoms with van der Waals surface area (Å²) in [5, 5.41) is 3.07. The molecule has 1 aliphatic rings. The number of thiocarbonyl (C=S) groups is 1. The molecule has 3 nitrogen and oxygen atoms in total. The molecule has 0 bridgehead atoms. The van der Waals surface area contributed by atoms with Gasteiger partial charge in [-0.1, -0.05) is 31.3 Å². The molecular formula is C14H18N2OS. The minimum Gasteiger partial charge on any atom is -0.389 e. The lowest BCUT2D eigenvalue weighted by Crippen LogP contribution is -2.33. The Bertz CT molecular complexity index is 473. The lowest BCUT2D eigenvalue weighted by Gasteiger charge is -2.12. The zero-order valence-corrected chi connectivity index (χ0v) is 11.3. The van der Waals surface area contributed by atoms with E-state index in [-0.39, 0.29) is 5.91 Å². The van der Waals surface area contributed by atoms with Crippen LogP contribution >= 0.6 is 12.2 Å². The molecule has 1 aromatic carbocycles. The van der Waals surface area contributed by atoms with E-state index in [1.54, 1.807) is 18.2 Å². The minimum atomic E-state index is -0.0350. The molecule has 1 aromatic rings. The van der Waals surface area contributed by atoms with Gasteiger partial charge < -0.3 is 11.1 Å². The van der Waals surface area contributed by atoms with E-state index in [1.165, 1.54) is 6.42 Å². The van der Waals surface area contributed by atoms with E-state index in [9.17, 15) is 4.79 Å². The van der Waals surface area contributed by atoms with Crippen LogP contribution in [0.15, 0.2) is 24.3 Å². The summed E-state index contributed by atoms with van der Waals surface area (Å²) in [5.74, 6) is 0.672.